The molecule has 0 heterocycles. The summed E-state index contributed by atoms with van der Waals surface area (Å²) in [5, 5.41) is 13.7. The third kappa shape index (κ3) is 10.4. The van der Waals surface area contributed by atoms with Crippen LogP contribution in [-0.4, -0.2) is 50.6 Å². The highest BCUT2D eigenvalue weighted by Gasteiger charge is 2.30. The van der Waals surface area contributed by atoms with E-state index < -0.39 is 23.9 Å². The quantitative estimate of drug-likeness (QED) is 0.228. The van der Waals surface area contributed by atoms with Crippen LogP contribution in [0.5, 0.6) is 11.5 Å². The first-order valence-corrected chi connectivity index (χ1v) is 13.8. The summed E-state index contributed by atoms with van der Waals surface area (Å²) in [7, 11) is 3.29. The van der Waals surface area contributed by atoms with Crippen LogP contribution in [0.15, 0.2) is 42.5 Å². The van der Waals surface area contributed by atoms with Gasteiger partial charge in [-0.2, -0.15) is 0 Å². The zero-order valence-corrected chi connectivity index (χ0v) is 24.3. The van der Waals surface area contributed by atoms with Crippen molar-refractivity contribution in [3.8, 4) is 11.5 Å². The SMILES string of the molecule is COCCCOc1cc(CC(CC(N)C(O)CC(C(=O)Nc2ccccc2F)C(C)C)C(C)C)ccc1OC. The second-order valence-corrected chi connectivity index (χ2v) is 10.9. The molecule has 4 unspecified atom stereocenters. The number of carbonyl (C=O) groups excluding carboxylic acids is 1. The normalized spacial score (nSPS) is 14.6. The number of para-hydroxylation sites is 1. The maximum absolute atomic E-state index is 14.1. The van der Waals surface area contributed by atoms with Crippen molar-refractivity contribution in [2.24, 2.45) is 29.4 Å². The topological polar surface area (TPSA) is 103 Å². The van der Waals surface area contributed by atoms with Gasteiger partial charge in [0.25, 0.3) is 0 Å². The monoisotopic (exact) mass is 546 g/mol. The average molecular weight is 547 g/mol. The van der Waals surface area contributed by atoms with E-state index >= 15 is 0 Å². The Balaban J connectivity index is 2.05. The maximum atomic E-state index is 14.1. The Morgan fingerprint density at radius 3 is 2.33 bits per heavy atom. The lowest BCUT2D eigenvalue weighted by atomic mass is 9.81. The summed E-state index contributed by atoms with van der Waals surface area (Å²) in [4.78, 5) is 13.0. The number of anilines is 1. The zero-order chi connectivity index (χ0) is 28.9. The molecule has 0 aliphatic rings. The van der Waals surface area contributed by atoms with Crippen molar-refractivity contribution in [3.05, 3.63) is 53.8 Å². The molecule has 218 valence electrons. The van der Waals surface area contributed by atoms with E-state index in [0.29, 0.717) is 37.1 Å². The molecule has 0 aliphatic heterocycles. The smallest absolute Gasteiger partial charge is 0.227 e. The molecule has 0 aliphatic carbocycles. The predicted molar refractivity (Wildman–Crippen MR) is 154 cm³/mol. The van der Waals surface area contributed by atoms with E-state index in [0.717, 1.165) is 18.4 Å². The van der Waals surface area contributed by atoms with Gasteiger partial charge >= 0.3 is 0 Å². The fourth-order valence-corrected chi connectivity index (χ4v) is 4.65. The number of aliphatic hydroxyl groups is 1. The molecule has 0 aromatic heterocycles. The standard InChI is InChI=1S/C31H47FN2O5/c1-20(2)23(16-22-12-13-29(38-6)30(17-22)39-15-9-14-37-5)18-26(33)28(35)19-24(21(3)4)31(36)34-27-11-8-7-10-25(27)32/h7-8,10-13,17,20-21,23-24,26,28,35H,9,14-16,18-19,33H2,1-6H3,(H,34,36). The molecule has 1 amide bonds. The molecule has 4 atom stereocenters. The minimum absolute atomic E-state index is 0.0545. The van der Waals surface area contributed by atoms with E-state index in [1.165, 1.54) is 12.1 Å². The van der Waals surface area contributed by atoms with Crippen LogP contribution in [-0.2, 0) is 16.0 Å². The van der Waals surface area contributed by atoms with Gasteiger partial charge in [-0.3, -0.25) is 4.79 Å². The van der Waals surface area contributed by atoms with E-state index in [-0.39, 0.29) is 29.9 Å². The van der Waals surface area contributed by atoms with Crippen LogP contribution in [0.4, 0.5) is 10.1 Å². The third-order valence-electron chi connectivity index (χ3n) is 7.26. The lowest BCUT2D eigenvalue weighted by Gasteiger charge is -2.30. The highest BCUT2D eigenvalue weighted by molar-refractivity contribution is 5.92. The molecule has 39 heavy (non-hydrogen) atoms. The molecule has 7 nitrogen and oxygen atoms in total. The summed E-state index contributed by atoms with van der Waals surface area (Å²) in [6, 6.07) is 11.5. The number of methoxy groups -OCH3 is 2. The van der Waals surface area contributed by atoms with E-state index in [2.05, 4.69) is 19.2 Å². The average Bonchev–Trinajstić information content (AvgIpc) is 2.90. The molecule has 0 bridgehead atoms. The van der Waals surface area contributed by atoms with Crippen LogP contribution in [0.25, 0.3) is 0 Å². The second-order valence-electron chi connectivity index (χ2n) is 10.9. The minimum Gasteiger partial charge on any atom is -0.493 e. The molecular weight excluding hydrogens is 499 g/mol. The van der Waals surface area contributed by atoms with Gasteiger partial charge in [0.05, 0.1) is 25.5 Å². The van der Waals surface area contributed by atoms with Crippen molar-refractivity contribution in [1.29, 1.82) is 0 Å². The van der Waals surface area contributed by atoms with Crippen LogP contribution >= 0.6 is 0 Å². The van der Waals surface area contributed by atoms with Gasteiger partial charge in [0.15, 0.2) is 11.5 Å². The summed E-state index contributed by atoms with van der Waals surface area (Å²) >= 11 is 0. The van der Waals surface area contributed by atoms with Crippen molar-refractivity contribution in [1.82, 2.24) is 0 Å². The predicted octanol–water partition coefficient (Wildman–Crippen LogP) is 5.44. The van der Waals surface area contributed by atoms with Gasteiger partial charge in [-0.1, -0.05) is 45.9 Å². The lowest BCUT2D eigenvalue weighted by Crippen LogP contribution is -2.41. The summed E-state index contributed by atoms with van der Waals surface area (Å²) in [5.74, 6) is 0.515. The molecule has 4 N–H and O–H groups in total. The molecule has 8 heteroatoms. The summed E-state index contributed by atoms with van der Waals surface area (Å²) in [5.41, 5.74) is 7.74. The molecule has 0 saturated heterocycles. The van der Waals surface area contributed by atoms with Gasteiger partial charge in [0.2, 0.25) is 5.91 Å². The van der Waals surface area contributed by atoms with E-state index in [9.17, 15) is 14.3 Å². The number of aliphatic hydroxyl groups excluding tert-OH is 1. The highest BCUT2D eigenvalue weighted by atomic mass is 19.1. The van der Waals surface area contributed by atoms with Gasteiger partial charge in [-0.25, -0.2) is 4.39 Å². The van der Waals surface area contributed by atoms with Crippen LogP contribution < -0.4 is 20.5 Å². The van der Waals surface area contributed by atoms with Crippen LogP contribution in [0.2, 0.25) is 0 Å². The van der Waals surface area contributed by atoms with Crippen molar-refractivity contribution >= 4 is 11.6 Å². The summed E-state index contributed by atoms with van der Waals surface area (Å²) in [6.45, 7) is 9.28. The Morgan fingerprint density at radius 1 is 1.00 bits per heavy atom. The molecule has 2 rings (SSSR count). The Morgan fingerprint density at radius 2 is 1.72 bits per heavy atom. The van der Waals surface area contributed by atoms with Gasteiger partial charge in [0.1, 0.15) is 5.82 Å². The molecule has 0 spiro atoms. The fourth-order valence-electron chi connectivity index (χ4n) is 4.65. The Hall–Kier alpha value is -2.68. The molecule has 0 saturated carbocycles. The van der Waals surface area contributed by atoms with Crippen molar-refractivity contribution < 1.29 is 28.5 Å². The van der Waals surface area contributed by atoms with Crippen molar-refractivity contribution in [2.45, 2.75) is 65.5 Å². The maximum Gasteiger partial charge on any atom is 0.227 e. The fraction of sp³-hybridized carbons (Fsp3) is 0.581. The van der Waals surface area contributed by atoms with Crippen LogP contribution in [0.1, 0.15) is 52.5 Å². The van der Waals surface area contributed by atoms with E-state index in [4.69, 9.17) is 19.9 Å². The number of hydrogen-bond donors (Lipinski definition) is 3. The van der Waals surface area contributed by atoms with E-state index in [1.807, 2.05) is 32.0 Å². The zero-order valence-electron chi connectivity index (χ0n) is 24.3. The van der Waals surface area contributed by atoms with Crippen molar-refractivity contribution in [3.63, 3.8) is 0 Å². The van der Waals surface area contributed by atoms with Gasteiger partial charge in [-0.15, -0.1) is 0 Å². The number of nitrogens with one attached hydrogen (secondary N) is 1. The molecule has 2 aromatic rings. The van der Waals surface area contributed by atoms with Gasteiger partial charge in [-0.05, 0) is 66.8 Å². The summed E-state index contributed by atoms with van der Waals surface area (Å²) < 4.78 is 30.6. The van der Waals surface area contributed by atoms with Gasteiger partial charge < -0.3 is 30.4 Å². The number of hydrogen-bond acceptors (Lipinski definition) is 6. The van der Waals surface area contributed by atoms with Crippen LogP contribution in [0, 0.1) is 29.5 Å². The Labute approximate surface area is 233 Å². The first-order valence-electron chi connectivity index (χ1n) is 13.8. The number of rotatable bonds is 17. The first-order chi connectivity index (χ1) is 18.6. The van der Waals surface area contributed by atoms with E-state index in [1.54, 1.807) is 26.4 Å². The second kappa shape index (κ2) is 16.4. The number of ether oxygens (including phenoxy) is 3. The highest BCUT2D eigenvalue weighted by Crippen LogP contribution is 2.32. The Bertz CT molecular complexity index is 1020. The number of amides is 1. The molecule has 2 aromatic carbocycles. The third-order valence-corrected chi connectivity index (χ3v) is 7.26. The lowest BCUT2D eigenvalue weighted by molar-refractivity contribution is -0.122. The number of nitrogens with two attached hydrogens (primary N) is 1. The number of carbonyl (C=O) groups is 1. The molecular formula is C31H47FN2O5. The first kappa shape index (κ1) is 32.5. The Kier molecular flexibility index (Phi) is 13.7. The number of halogens is 1. The minimum atomic E-state index is -0.874. The van der Waals surface area contributed by atoms with Crippen LogP contribution in [0.3, 0.4) is 0 Å². The number of benzene rings is 2. The summed E-state index contributed by atoms with van der Waals surface area (Å²) in [6.07, 6.45) is 1.46. The molecule has 0 fully saturated rings. The van der Waals surface area contributed by atoms with Gasteiger partial charge in [0, 0.05) is 32.1 Å². The largest absolute Gasteiger partial charge is 0.493 e. The molecule has 0 radical (unpaired) electrons. The van der Waals surface area contributed by atoms with Crippen molar-refractivity contribution in [2.75, 3.05) is 32.8 Å².